The summed E-state index contributed by atoms with van der Waals surface area (Å²) in [7, 11) is 0. The van der Waals surface area contributed by atoms with Gasteiger partial charge in [0.25, 0.3) is 0 Å². The van der Waals surface area contributed by atoms with Crippen LogP contribution in [0.2, 0.25) is 0 Å². The first-order valence-electron chi connectivity index (χ1n) is 9.66. The molecular weight excluding hydrogens is 400 g/mol. The molecule has 0 saturated carbocycles. The van der Waals surface area contributed by atoms with E-state index in [1.165, 1.54) is 22.2 Å². The smallest absolute Gasteiger partial charge is 0.234 e. The van der Waals surface area contributed by atoms with E-state index in [1.54, 1.807) is 11.3 Å². The average molecular weight is 427 g/mol. The van der Waals surface area contributed by atoms with Crippen molar-refractivity contribution in [2.75, 3.05) is 11.1 Å². The predicted molar refractivity (Wildman–Crippen MR) is 123 cm³/mol. The Morgan fingerprint density at radius 3 is 2.69 bits per heavy atom. The maximum atomic E-state index is 12.4. The van der Waals surface area contributed by atoms with Crippen LogP contribution in [0.5, 0.6) is 0 Å². The van der Waals surface area contributed by atoms with Gasteiger partial charge >= 0.3 is 0 Å². The highest BCUT2D eigenvalue weighted by Crippen LogP contribution is 2.28. The van der Waals surface area contributed by atoms with Crippen molar-refractivity contribution in [1.82, 2.24) is 14.8 Å². The summed E-state index contributed by atoms with van der Waals surface area (Å²) in [5, 5.41) is 14.4. The minimum Gasteiger partial charge on any atom is -0.325 e. The zero-order chi connectivity index (χ0) is 20.8. The van der Waals surface area contributed by atoms with Crippen molar-refractivity contribution in [2.45, 2.75) is 44.8 Å². The number of nitrogens with zero attached hydrogens (tertiary/aromatic N) is 3. The number of aryl methyl sites for hydroxylation is 1. The van der Waals surface area contributed by atoms with E-state index in [0.29, 0.717) is 12.5 Å². The first kappa shape index (κ1) is 21.3. The number of rotatable bonds is 9. The predicted octanol–water partition coefficient (Wildman–Crippen LogP) is 5.61. The van der Waals surface area contributed by atoms with Crippen LogP contribution in [-0.2, 0) is 17.8 Å². The van der Waals surface area contributed by atoms with Crippen LogP contribution in [0.1, 0.15) is 37.1 Å². The molecule has 0 saturated heterocycles. The average Bonchev–Trinajstić information content (AvgIpc) is 3.34. The van der Waals surface area contributed by atoms with Crippen LogP contribution in [0.3, 0.4) is 0 Å². The Kier molecular flexibility index (Phi) is 7.28. The van der Waals surface area contributed by atoms with Crippen LogP contribution >= 0.6 is 23.1 Å². The van der Waals surface area contributed by atoms with Crippen molar-refractivity contribution >= 4 is 34.7 Å². The lowest BCUT2D eigenvalue weighted by molar-refractivity contribution is -0.113. The largest absolute Gasteiger partial charge is 0.325 e. The number of hydrogen-bond donors (Lipinski definition) is 1. The number of anilines is 1. The second kappa shape index (κ2) is 9.89. The summed E-state index contributed by atoms with van der Waals surface area (Å²) in [6, 6.07) is 10.1. The van der Waals surface area contributed by atoms with Gasteiger partial charge in [-0.25, -0.2) is 0 Å². The minimum absolute atomic E-state index is 0.0641. The normalized spacial score (nSPS) is 11.0. The lowest BCUT2D eigenvalue weighted by atomic mass is 10.0. The molecule has 0 unspecified atom stereocenters. The molecule has 1 amide bonds. The van der Waals surface area contributed by atoms with Gasteiger partial charge in [-0.15, -0.1) is 28.1 Å². The Bertz CT molecular complexity index is 973. The summed E-state index contributed by atoms with van der Waals surface area (Å²) in [6.45, 7) is 10.9. The summed E-state index contributed by atoms with van der Waals surface area (Å²) >= 11 is 3.11. The van der Waals surface area contributed by atoms with Gasteiger partial charge in [0.05, 0.1) is 5.75 Å². The van der Waals surface area contributed by atoms with Crippen molar-refractivity contribution in [3.63, 3.8) is 0 Å². The number of thioether (sulfide) groups is 1. The van der Waals surface area contributed by atoms with Crippen LogP contribution in [-0.4, -0.2) is 26.4 Å². The van der Waals surface area contributed by atoms with E-state index >= 15 is 0 Å². The van der Waals surface area contributed by atoms with Crippen molar-refractivity contribution in [1.29, 1.82) is 0 Å². The van der Waals surface area contributed by atoms with E-state index < -0.39 is 0 Å². The lowest BCUT2D eigenvalue weighted by Gasteiger charge is -2.09. The SMILES string of the molecule is C=CCn1c(SCC(=O)Nc2ccc(C(C)C)cc2)nnc1-c1csc(CC)c1. The van der Waals surface area contributed by atoms with Crippen LogP contribution in [0.25, 0.3) is 11.4 Å². The molecule has 0 bridgehead atoms. The van der Waals surface area contributed by atoms with E-state index in [0.717, 1.165) is 28.7 Å². The van der Waals surface area contributed by atoms with Gasteiger partial charge in [0, 0.05) is 28.1 Å². The molecule has 7 heteroatoms. The third-order valence-electron chi connectivity index (χ3n) is 4.48. The van der Waals surface area contributed by atoms with Gasteiger partial charge in [0.2, 0.25) is 5.91 Å². The quantitative estimate of drug-likeness (QED) is 0.357. The van der Waals surface area contributed by atoms with Crippen molar-refractivity contribution in [3.8, 4) is 11.4 Å². The van der Waals surface area contributed by atoms with Crippen LogP contribution in [0.15, 0.2) is 53.5 Å². The first-order valence-corrected chi connectivity index (χ1v) is 11.5. The van der Waals surface area contributed by atoms with E-state index in [2.05, 4.69) is 54.3 Å². The second-order valence-electron chi connectivity index (χ2n) is 6.97. The number of benzene rings is 1. The highest BCUT2D eigenvalue weighted by molar-refractivity contribution is 7.99. The van der Waals surface area contributed by atoms with Crippen molar-refractivity contribution < 1.29 is 4.79 Å². The van der Waals surface area contributed by atoms with Crippen LogP contribution < -0.4 is 5.32 Å². The maximum absolute atomic E-state index is 12.4. The minimum atomic E-state index is -0.0641. The molecule has 3 aromatic rings. The molecule has 2 heterocycles. The highest BCUT2D eigenvalue weighted by Gasteiger charge is 2.16. The molecule has 2 aromatic heterocycles. The lowest BCUT2D eigenvalue weighted by Crippen LogP contribution is -2.14. The molecule has 0 spiro atoms. The zero-order valence-corrected chi connectivity index (χ0v) is 18.6. The summed E-state index contributed by atoms with van der Waals surface area (Å²) in [4.78, 5) is 13.7. The summed E-state index contributed by atoms with van der Waals surface area (Å²) in [5.41, 5.74) is 3.11. The van der Waals surface area contributed by atoms with Gasteiger partial charge in [0.1, 0.15) is 0 Å². The van der Waals surface area contributed by atoms with Gasteiger partial charge in [-0.2, -0.15) is 0 Å². The molecule has 0 atom stereocenters. The van der Waals surface area contributed by atoms with Crippen LogP contribution in [0, 0.1) is 0 Å². The van der Waals surface area contributed by atoms with E-state index in [-0.39, 0.29) is 11.7 Å². The van der Waals surface area contributed by atoms with Crippen molar-refractivity contribution in [2.24, 2.45) is 0 Å². The Labute approximate surface area is 180 Å². The monoisotopic (exact) mass is 426 g/mol. The van der Waals surface area contributed by atoms with Crippen molar-refractivity contribution in [3.05, 3.63) is 58.8 Å². The summed E-state index contributed by atoms with van der Waals surface area (Å²) in [6.07, 6.45) is 2.82. The Hall–Kier alpha value is -2.38. The Morgan fingerprint density at radius 1 is 1.31 bits per heavy atom. The Morgan fingerprint density at radius 2 is 2.07 bits per heavy atom. The summed E-state index contributed by atoms with van der Waals surface area (Å²) in [5.74, 6) is 1.49. The molecule has 0 aliphatic carbocycles. The molecule has 0 radical (unpaired) electrons. The van der Waals surface area contributed by atoms with E-state index in [1.807, 2.05) is 34.9 Å². The van der Waals surface area contributed by atoms with Gasteiger partial charge in [-0.05, 0) is 36.1 Å². The molecule has 5 nitrogen and oxygen atoms in total. The fourth-order valence-electron chi connectivity index (χ4n) is 2.86. The molecular formula is C22H26N4OS2. The molecule has 1 aromatic carbocycles. The van der Waals surface area contributed by atoms with Crippen LogP contribution in [0.4, 0.5) is 5.69 Å². The van der Waals surface area contributed by atoms with Gasteiger partial charge < -0.3 is 5.32 Å². The third-order valence-corrected chi connectivity index (χ3v) is 6.53. The zero-order valence-electron chi connectivity index (χ0n) is 17.0. The van der Waals surface area contributed by atoms with Gasteiger partial charge in [-0.3, -0.25) is 9.36 Å². The maximum Gasteiger partial charge on any atom is 0.234 e. The highest BCUT2D eigenvalue weighted by atomic mass is 32.2. The molecule has 29 heavy (non-hydrogen) atoms. The molecule has 1 N–H and O–H groups in total. The number of aromatic nitrogens is 3. The number of carbonyl (C=O) groups is 1. The number of hydrogen-bond acceptors (Lipinski definition) is 5. The van der Waals surface area contributed by atoms with Gasteiger partial charge in [0.15, 0.2) is 11.0 Å². The molecule has 0 aliphatic rings. The number of amides is 1. The number of allylic oxidation sites excluding steroid dienone is 1. The third kappa shape index (κ3) is 5.36. The molecule has 0 aliphatic heterocycles. The molecule has 152 valence electrons. The summed E-state index contributed by atoms with van der Waals surface area (Å²) < 4.78 is 2.00. The Balaban J connectivity index is 1.66. The fraction of sp³-hybridized carbons (Fsp3) is 0.318. The van der Waals surface area contributed by atoms with Gasteiger partial charge in [-0.1, -0.05) is 50.7 Å². The first-order chi connectivity index (χ1) is 14.0. The molecule has 0 fully saturated rings. The second-order valence-corrected chi connectivity index (χ2v) is 8.91. The number of thiophene rings is 1. The molecule has 3 rings (SSSR count). The standard InChI is InChI=1S/C22H26N4OS2/c1-5-11-26-21(17-12-19(6-2)28-13-17)24-25-22(26)29-14-20(27)23-18-9-7-16(8-10-18)15(3)4/h5,7-10,12-13,15H,1,6,11,14H2,2-4H3,(H,23,27). The number of nitrogens with one attached hydrogen (secondary N) is 1. The topological polar surface area (TPSA) is 59.8 Å². The van der Waals surface area contributed by atoms with E-state index in [4.69, 9.17) is 0 Å². The number of carbonyl (C=O) groups excluding carboxylic acids is 1. The van der Waals surface area contributed by atoms with E-state index in [9.17, 15) is 4.79 Å². The fourth-order valence-corrected chi connectivity index (χ4v) is 4.43.